The van der Waals surface area contributed by atoms with Gasteiger partial charge >= 0.3 is 0 Å². The fraction of sp³-hybridized carbons (Fsp3) is 0.571. The van der Waals surface area contributed by atoms with Crippen LogP contribution >= 0.6 is 0 Å². The van der Waals surface area contributed by atoms with Crippen molar-refractivity contribution < 1.29 is 9.53 Å². The molecule has 0 aliphatic heterocycles. The van der Waals surface area contributed by atoms with Gasteiger partial charge in [0, 0.05) is 20.1 Å². The van der Waals surface area contributed by atoms with Gasteiger partial charge in [-0.2, -0.15) is 0 Å². The summed E-state index contributed by atoms with van der Waals surface area (Å²) in [6, 6.07) is 0. The largest absolute Gasteiger partial charge is 0.384 e. The lowest BCUT2D eigenvalue weighted by Crippen LogP contribution is -1.83. The molecular formula is C7H12O2. The molecule has 0 heterocycles. The predicted molar refractivity (Wildman–Crippen MR) is 36.3 cm³/mol. The summed E-state index contributed by atoms with van der Waals surface area (Å²) in [4.78, 5) is 9.76. The van der Waals surface area contributed by atoms with Gasteiger partial charge in [-0.05, 0) is 6.42 Å². The van der Waals surface area contributed by atoms with Gasteiger partial charge in [0.25, 0.3) is 0 Å². The zero-order valence-corrected chi connectivity index (χ0v) is 5.67. The highest BCUT2D eigenvalue weighted by atomic mass is 16.5. The van der Waals surface area contributed by atoms with Crippen LogP contribution in [0.25, 0.3) is 0 Å². The van der Waals surface area contributed by atoms with Crippen molar-refractivity contribution in [2.75, 3.05) is 13.7 Å². The van der Waals surface area contributed by atoms with E-state index in [1.807, 2.05) is 12.2 Å². The lowest BCUT2D eigenvalue weighted by atomic mass is 10.3. The molecule has 0 unspecified atom stereocenters. The van der Waals surface area contributed by atoms with Crippen molar-refractivity contribution in [3.63, 3.8) is 0 Å². The number of hydrogen-bond acceptors (Lipinski definition) is 2. The van der Waals surface area contributed by atoms with E-state index < -0.39 is 0 Å². The molecule has 52 valence electrons. The Morgan fingerprint density at radius 2 is 2.22 bits per heavy atom. The van der Waals surface area contributed by atoms with E-state index in [9.17, 15) is 4.79 Å². The van der Waals surface area contributed by atoms with Gasteiger partial charge in [0.05, 0.1) is 0 Å². The van der Waals surface area contributed by atoms with Crippen LogP contribution in [0.2, 0.25) is 0 Å². The Morgan fingerprint density at radius 3 is 2.78 bits per heavy atom. The van der Waals surface area contributed by atoms with Crippen LogP contribution < -0.4 is 0 Å². The Balaban J connectivity index is 2.94. The van der Waals surface area contributed by atoms with Crippen LogP contribution in [0.15, 0.2) is 12.2 Å². The Kier molecular flexibility index (Phi) is 6.85. The molecule has 0 N–H and O–H groups in total. The molecule has 2 heteroatoms. The molecule has 0 aromatic heterocycles. The topological polar surface area (TPSA) is 26.3 Å². The quantitative estimate of drug-likeness (QED) is 0.315. The van der Waals surface area contributed by atoms with Crippen LogP contribution in [-0.2, 0) is 9.53 Å². The fourth-order valence-corrected chi connectivity index (χ4v) is 0.456. The number of hydrogen-bond donors (Lipinski definition) is 0. The van der Waals surface area contributed by atoms with Gasteiger partial charge in [-0.25, -0.2) is 0 Å². The third-order valence-electron chi connectivity index (χ3n) is 0.888. The molecule has 0 saturated heterocycles. The van der Waals surface area contributed by atoms with E-state index in [1.54, 1.807) is 7.11 Å². The molecule has 0 aliphatic carbocycles. The summed E-state index contributed by atoms with van der Waals surface area (Å²) in [6.07, 6.45) is 6.07. The molecule has 0 saturated carbocycles. The Morgan fingerprint density at radius 1 is 1.44 bits per heavy atom. The number of carbonyl (C=O) groups is 1. The van der Waals surface area contributed by atoms with Gasteiger partial charge in [0.15, 0.2) is 0 Å². The summed E-state index contributed by atoms with van der Waals surface area (Å²) >= 11 is 0. The maximum Gasteiger partial charge on any atom is 0.123 e. The summed E-state index contributed by atoms with van der Waals surface area (Å²) in [7, 11) is 1.66. The standard InChI is InChI=1S/C7H12O2/c1-9-7-5-3-2-4-6-8/h2-3,6H,4-5,7H2,1H3/b3-2+. The van der Waals surface area contributed by atoms with E-state index >= 15 is 0 Å². The average molecular weight is 128 g/mol. The Hall–Kier alpha value is -0.630. The summed E-state index contributed by atoms with van der Waals surface area (Å²) in [5.41, 5.74) is 0. The highest BCUT2D eigenvalue weighted by Crippen LogP contribution is 1.84. The number of carbonyl (C=O) groups excluding carboxylic acids is 1. The lowest BCUT2D eigenvalue weighted by molar-refractivity contribution is -0.107. The number of aldehydes is 1. The van der Waals surface area contributed by atoms with Crippen molar-refractivity contribution in [3.05, 3.63) is 12.2 Å². The second-order valence-electron chi connectivity index (χ2n) is 1.66. The van der Waals surface area contributed by atoms with Crippen LogP contribution in [0.4, 0.5) is 0 Å². The minimum Gasteiger partial charge on any atom is -0.384 e. The molecule has 0 fully saturated rings. The molecule has 0 aromatic carbocycles. The van der Waals surface area contributed by atoms with Gasteiger partial charge < -0.3 is 9.53 Å². The van der Waals surface area contributed by atoms with Crippen molar-refractivity contribution in [3.8, 4) is 0 Å². The second kappa shape index (κ2) is 7.37. The molecule has 0 atom stereocenters. The first kappa shape index (κ1) is 8.37. The molecule has 0 spiro atoms. The zero-order valence-electron chi connectivity index (χ0n) is 5.67. The average Bonchev–Trinajstić information content (AvgIpc) is 1.89. The first-order valence-electron chi connectivity index (χ1n) is 2.99. The second-order valence-corrected chi connectivity index (χ2v) is 1.66. The minimum atomic E-state index is 0.518. The number of methoxy groups -OCH3 is 1. The van der Waals surface area contributed by atoms with Crippen LogP contribution in [0.5, 0.6) is 0 Å². The van der Waals surface area contributed by atoms with Gasteiger partial charge in [0.2, 0.25) is 0 Å². The fourth-order valence-electron chi connectivity index (χ4n) is 0.456. The van der Waals surface area contributed by atoms with Crippen molar-refractivity contribution >= 4 is 6.29 Å². The SMILES string of the molecule is COCC/C=C/CC=O. The Labute approximate surface area is 55.5 Å². The van der Waals surface area contributed by atoms with Gasteiger partial charge in [-0.1, -0.05) is 12.2 Å². The molecule has 2 nitrogen and oxygen atoms in total. The van der Waals surface area contributed by atoms with Crippen molar-refractivity contribution in [2.24, 2.45) is 0 Å². The number of allylic oxidation sites excluding steroid dienone is 1. The molecule has 9 heavy (non-hydrogen) atoms. The van der Waals surface area contributed by atoms with Crippen LogP contribution in [-0.4, -0.2) is 20.0 Å². The monoisotopic (exact) mass is 128 g/mol. The summed E-state index contributed by atoms with van der Waals surface area (Å²) < 4.78 is 4.78. The number of rotatable bonds is 5. The smallest absolute Gasteiger partial charge is 0.123 e. The first-order valence-corrected chi connectivity index (χ1v) is 2.99. The van der Waals surface area contributed by atoms with E-state index in [4.69, 9.17) is 4.74 Å². The molecule has 0 aliphatic rings. The van der Waals surface area contributed by atoms with E-state index in [0.29, 0.717) is 6.42 Å². The van der Waals surface area contributed by atoms with Crippen molar-refractivity contribution in [2.45, 2.75) is 12.8 Å². The van der Waals surface area contributed by atoms with Crippen LogP contribution in [0.3, 0.4) is 0 Å². The van der Waals surface area contributed by atoms with Crippen molar-refractivity contribution in [1.29, 1.82) is 0 Å². The Bertz CT molecular complexity index is 86.9. The minimum absolute atomic E-state index is 0.518. The van der Waals surface area contributed by atoms with E-state index in [1.165, 1.54) is 0 Å². The zero-order chi connectivity index (χ0) is 6.95. The summed E-state index contributed by atoms with van der Waals surface area (Å²) in [5, 5.41) is 0. The van der Waals surface area contributed by atoms with E-state index in [0.717, 1.165) is 19.3 Å². The third-order valence-corrected chi connectivity index (χ3v) is 0.888. The molecule has 0 aromatic rings. The third kappa shape index (κ3) is 7.37. The van der Waals surface area contributed by atoms with Gasteiger partial charge in [0.1, 0.15) is 6.29 Å². The highest BCUT2D eigenvalue weighted by molar-refractivity contribution is 5.51. The molecular weight excluding hydrogens is 116 g/mol. The van der Waals surface area contributed by atoms with Gasteiger partial charge in [-0.15, -0.1) is 0 Å². The molecule has 0 bridgehead atoms. The maximum atomic E-state index is 9.76. The predicted octanol–water partition coefficient (Wildman–Crippen LogP) is 1.17. The molecule has 0 rings (SSSR count). The summed E-state index contributed by atoms with van der Waals surface area (Å²) in [6.45, 7) is 0.732. The normalized spacial score (nSPS) is 10.3. The van der Waals surface area contributed by atoms with E-state index in [-0.39, 0.29) is 0 Å². The number of ether oxygens (including phenoxy) is 1. The van der Waals surface area contributed by atoms with Crippen LogP contribution in [0, 0.1) is 0 Å². The highest BCUT2D eigenvalue weighted by Gasteiger charge is 1.75. The molecule has 0 radical (unpaired) electrons. The maximum absolute atomic E-state index is 9.76. The lowest BCUT2D eigenvalue weighted by Gasteiger charge is -1.88. The van der Waals surface area contributed by atoms with Crippen LogP contribution in [0.1, 0.15) is 12.8 Å². The van der Waals surface area contributed by atoms with E-state index in [2.05, 4.69) is 0 Å². The molecule has 0 amide bonds. The van der Waals surface area contributed by atoms with Gasteiger partial charge in [-0.3, -0.25) is 0 Å². The first-order chi connectivity index (χ1) is 4.41. The van der Waals surface area contributed by atoms with Crippen molar-refractivity contribution in [1.82, 2.24) is 0 Å². The summed E-state index contributed by atoms with van der Waals surface area (Å²) in [5.74, 6) is 0.